The quantitative estimate of drug-likeness (QED) is 0.834. The van der Waals surface area contributed by atoms with Gasteiger partial charge in [0.15, 0.2) is 0 Å². The minimum Gasteiger partial charge on any atom is -0.372 e. The molecule has 0 aliphatic carbocycles. The van der Waals surface area contributed by atoms with Crippen LogP contribution in [0.4, 0.5) is 22.0 Å². The van der Waals surface area contributed by atoms with Crippen LogP contribution in [0.15, 0.2) is 48.5 Å². The second-order valence-electron chi connectivity index (χ2n) is 4.23. The van der Waals surface area contributed by atoms with Crippen LogP contribution in [0.25, 0.3) is 0 Å². The van der Waals surface area contributed by atoms with Crippen molar-refractivity contribution in [3.05, 3.63) is 71.3 Å². The van der Waals surface area contributed by atoms with Crippen molar-refractivity contribution in [3.8, 4) is 0 Å². The fourth-order valence-electron chi connectivity index (χ4n) is 1.90. The van der Waals surface area contributed by atoms with E-state index >= 15 is 0 Å². The van der Waals surface area contributed by atoms with Gasteiger partial charge in [0.25, 0.3) is 0 Å². The van der Waals surface area contributed by atoms with Gasteiger partial charge in [0.1, 0.15) is 11.6 Å². The lowest BCUT2D eigenvalue weighted by molar-refractivity contribution is -0.248. The highest BCUT2D eigenvalue weighted by atomic mass is 19.4. The van der Waals surface area contributed by atoms with Gasteiger partial charge in [0.05, 0.1) is 0 Å². The minimum atomic E-state index is -5.08. The maximum absolute atomic E-state index is 13.2. The first kappa shape index (κ1) is 14.5. The van der Waals surface area contributed by atoms with Gasteiger partial charge in [-0.05, 0) is 29.8 Å². The highest BCUT2D eigenvalue weighted by molar-refractivity contribution is 5.38. The van der Waals surface area contributed by atoms with Gasteiger partial charge < -0.3 is 5.11 Å². The Labute approximate surface area is 111 Å². The molecule has 2 rings (SSSR count). The zero-order valence-corrected chi connectivity index (χ0v) is 9.96. The molecule has 2 aromatic carbocycles. The Kier molecular flexibility index (Phi) is 3.52. The SMILES string of the molecule is OC(c1ccc(F)cc1)(c1cccc(F)c1)C(F)(F)F. The number of hydrogen-bond acceptors (Lipinski definition) is 1. The molecule has 1 unspecified atom stereocenters. The van der Waals surface area contributed by atoms with Gasteiger partial charge in [-0.1, -0.05) is 24.3 Å². The first-order chi connectivity index (χ1) is 9.25. The van der Waals surface area contributed by atoms with E-state index in [1.807, 2.05) is 0 Å². The number of alkyl halides is 3. The summed E-state index contributed by atoms with van der Waals surface area (Å²) in [4.78, 5) is 0. The van der Waals surface area contributed by atoms with Crippen LogP contribution in [0.5, 0.6) is 0 Å². The van der Waals surface area contributed by atoms with Crippen molar-refractivity contribution in [3.63, 3.8) is 0 Å². The number of benzene rings is 2. The fraction of sp³-hybridized carbons (Fsp3) is 0.143. The maximum Gasteiger partial charge on any atom is 0.425 e. The molecule has 0 bridgehead atoms. The van der Waals surface area contributed by atoms with E-state index in [9.17, 15) is 27.1 Å². The topological polar surface area (TPSA) is 20.2 Å². The van der Waals surface area contributed by atoms with Crippen molar-refractivity contribution >= 4 is 0 Å². The standard InChI is InChI=1S/C14H9F5O/c15-11-6-4-9(5-7-11)13(20,14(17,18)19)10-2-1-3-12(16)8-10/h1-8,20H. The first-order valence-corrected chi connectivity index (χ1v) is 5.56. The molecule has 0 radical (unpaired) electrons. The van der Waals surface area contributed by atoms with Gasteiger partial charge in [-0.3, -0.25) is 0 Å². The van der Waals surface area contributed by atoms with Crippen LogP contribution in [-0.4, -0.2) is 11.3 Å². The molecule has 0 spiro atoms. The second kappa shape index (κ2) is 4.86. The summed E-state index contributed by atoms with van der Waals surface area (Å²) in [5.41, 5.74) is -4.66. The summed E-state index contributed by atoms with van der Waals surface area (Å²) < 4.78 is 65.7. The van der Waals surface area contributed by atoms with Crippen LogP contribution in [-0.2, 0) is 5.60 Å². The molecule has 2 aromatic rings. The first-order valence-electron chi connectivity index (χ1n) is 5.56. The van der Waals surface area contributed by atoms with Crippen molar-refractivity contribution in [2.45, 2.75) is 11.8 Å². The molecule has 0 aliphatic rings. The molecule has 1 nitrogen and oxygen atoms in total. The Balaban J connectivity index is 2.66. The average molecular weight is 288 g/mol. The minimum absolute atomic E-state index is 0.586. The smallest absolute Gasteiger partial charge is 0.372 e. The number of hydrogen-bond donors (Lipinski definition) is 1. The summed E-state index contributed by atoms with van der Waals surface area (Å²) in [6, 6.07) is 6.80. The Bertz CT molecular complexity index is 606. The maximum atomic E-state index is 13.2. The van der Waals surface area contributed by atoms with Gasteiger partial charge in [-0.25, -0.2) is 8.78 Å². The largest absolute Gasteiger partial charge is 0.425 e. The van der Waals surface area contributed by atoms with E-state index in [0.717, 1.165) is 42.5 Å². The van der Waals surface area contributed by atoms with E-state index < -0.39 is 34.5 Å². The highest BCUT2D eigenvalue weighted by Crippen LogP contribution is 2.44. The van der Waals surface area contributed by atoms with Gasteiger partial charge in [-0.15, -0.1) is 0 Å². The molecule has 1 atom stereocenters. The summed E-state index contributed by atoms with van der Waals surface area (Å²) >= 11 is 0. The Morgan fingerprint density at radius 2 is 1.35 bits per heavy atom. The molecule has 0 fully saturated rings. The normalized spacial score (nSPS) is 14.9. The zero-order valence-electron chi connectivity index (χ0n) is 9.96. The number of halogens is 5. The molecule has 0 amide bonds. The van der Waals surface area contributed by atoms with Crippen molar-refractivity contribution < 1.29 is 27.1 Å². The third-order valence-electron chi connectivity index (χ3n) is 2.91. The van der Waals surface area contributed by atoms with Crippen molar-refractivity contribution in [1.82, 2.24) is 0 Å². The Morgan fingerprint density at radius 3 is 1.85 bits per heavy atom. The molecule has 1 N–H and O–H groups in total. The predicted molar refractivity (Wildman–Crippen MR) is 61.9 cm³/mol. The van der Waals surface area contributed by atoms with E-state index in [0.29, 0.717) is 6.07 Å². The summed E-state index contributed by atoms with van der Waals surface area (Å²) in [6.07, 6.45) is -5.08. The van der Waals surface area contributed by atoms with Crippen LogP contribution in [0, 0.1) is 11.6 Å². The van der Waals surface area contributed by atoms with E-state index in [-0.39, 0.29) is 0 Å². The van der Waals surface area contributed by atoms with Gasteiger partial charge in [-0.2, -0.15) is 13.2 Å². The summed E-state index contributed by atoms with van der Waals surface area (Å²) in [6.45, 7) is 0. The van der Waals surface area contributed by atoms with Crippen molar-refractivity contribution in [2.75, 3.05) is 0 Å². The second-order valence-corrected chi connectivity index (χ2v) is 4.23. The lowest BCUT2D eigenvalue weighted by Crippen LogP contribution is -2.43. The van der Waals surface area contributed by atoms with Crippen LogP contribution >= 0.6 is 0 Å². The molecule has 0 saturated carbocycles. The highest BCUT2D eigenvalue weighted by Gasteiger charge is 2.56. The van der Waals surface area contributed by atoms with E-state index in [2.05, 4.69) is 0 Å². The van der Waals surface area contributed by atoms with E-state index in [4.69, 9.17) is 0 Å². The summed E-state index contributed by atoms with van der Waals surface area (Å²) in [5.74, 6) is -1.65. The lowest BCUT2D eigenvalue weighted by atomic mass is 9.85. The molecule has 0 aliphatic heterocycles. The number of rotatable bonds is 2. The van der Waals surface area contributed by atoms with E-state index in [1.165, 1.54) is 0 Å². The fourth-order valence-corrected chi connectivity index (χ4v) is 1.90. The number of aliphatic hydroxyl groups is 1. The van der Waals surface area contributed by atoms with Crippen molar-refractivity contribution in [1.29, 1.82) is 0 Å². The van der Waals surface area contributed by atoms with E-state index in [1.54, 1.807) is 0 Å². The molecule has 0 saturated heterocycles. The molecule has 0 heterocycles. The molecule has 6 heteroatoms. The summed E-state index contributed by atoms with van der Waals surface area (Å²) in [7, 11) is 0. The van der Waals surface area contributed by atoms with Gasteiger partial charge in [0.2, 0.25) is 5.60 Å². The molecule has 106 valence electrons. The Morgan fingerprint density at radius 1 is 0.750 bits per heavy atom. The van der Waals surface area contributed by atoms with Crippen LogP contribution < -0.4 is 0 Å². The van der Waals surface area contributed by atoms with Crippen molar-refractivity contribution in [2.24, 2.45) is 0 Å². The van der Waals surface area contributed by atoms with Crippen LogP contribution in [0.1, 0.15) is 11.1 Å². The third kappa shape index (κ3) is 2.38. The monoisotopic (exact) mass is 288 g/mol. The molecular formula is C14H9F5O. The molecular weight excluding hydrogens is 279 g/mol. The predicted octanol–water partition coefficient (Wildman–Crippen LogP) is 3.76. The lowest BCUT2D eigenvalue weighted by Gasteiger charge is -2.31. The Hall–Kier alpha value is -1.95. The van der Waals surface area contributed by atoms with Gasteiger partial charge in [0, 0.05) is 5.56 Å². The summed E-state index contributed by atoms with van der Waals surface area (Å²) in [5, 5.41) is 10.1. The average Bonchev–Trinajstić information content (AvgIpc) is 2.37. The third-order valence-corrected chi connectivity index (χ3v) is 2.91. The molecule has 0 aromatic heterocycles. The van der Waals surface area contributed by atoms with Crippen LogP contribution in [0.2, 0.25) is 0 Å². The van der Waals surface area contributed by atoms with Crippen LogP contribution in [0.3, 0.4) is 0 Å². The van der Waals surface area contributed by atoms with Gasteiger partial charge >= 0.3 is 6.18 Å². The molecule has 20 heavy (non-hydrogen) atoms. The zero-order chi connectivity index (χ0) is 15.0.